The van der Waals surface area contributed by atoms with Crippen LogP contribution in [0.4, 0.5) is 13.2 Å². The molecule has 0 aliphatic carbocycles. The van der Waals surface area contributed by atoms with Gasteiger partial charge in [0.1, 0.15) is 0 Å². The lowest BCUT2D eigenvalue weighted by molar-refractivity contribution is -0.137. The molecule has 9 rings (SSSR count). The number of nitrogens with zero attached hydrogens (tertiary/aromatic N) is 4. The maximum Gasteiger partial charge on any atom is 0.416 e. The minimum atomic E-state index is -4.40. The molecule has 0 aliphatic heterocycles. The van der Waals surface area contributed by atoms with E-state index in [9.17, 15) is 13.2 Å². The summed E-state index contributed by atoms with van der Waals surface area (Å²) >= 11 is 0. The van der Waals surface area contributed by atoms with Crippen molar-refractivity contribution in [2.45, 2.75) is 6.18 Å². The highest BCUT2D eigenvalue weighted by Crippen LogP contribution is 2.37. The van der Waals surface area contributed by atoms with Crippen molar-refractivity contribution in [1.82, 2.24) is 19.5 Å². The number of benzene rings is 5. The topological polar surface area (TPSA) is 43.6 Å². The first-order valence-corrected chi connectivity index (χ1v) is 17.2. The van der Waals surface area contributed by atoms with E-state index < -0.39 is 11.7 Å². The molecule has 0 saturated heterocycles. The van der Waals surface area contributed by atoms with Crippen LogP contribution in [-0.4, -0.2) is 19.5 Å². The number of alkyl halides is 3. The summed E-state index contributed by atoms with van der Waals surface area (Å²) < 4.78 is 41.9. The van der Waals surface area contributed by atoms with Crippen LogP contribution in [0.1, 0.15) is 5.56 Å². The van der Waals surface area contributed by atoms with Crippen LogP contribution in [0, 0.1) is 0 Å². The minimum Gasteiger partial charge on any atom is -0.309 e. The highest BCUT2D eigenvalue weighted by Gasteiger charge is 2.30. The molecule has 0 atom stereocenters. The summed E-state index contributed by atoms with van der Waals surface area (Å²) in [6.07, 6.45) is 0.886. The van der Waals surface area contributed by atoms with Gasteiger partial charge in [-0.2, -0.15) is 13.2 Å². The molecule has 5 aromatic carbocycles. The van der Waals surface area contributed by atoms with Crippen LogP contribution in [0.5, 0.6) is 0 Å². The zero-order chi connectivity index (χ0) is 35.9. The number of aromatic nitrogens is 4. The number of pyridine rings is 3. The molecule has 0 amide bonds. The van der Waals surface area contributed by atoms with Crippen LogP contribution >= 0.6 is 0 Å². The fourth-order valence-electron chi connectivity index (χ4n) is 6.96. The van der Waals surface area contributed by atoms with E-state index in [2.05, 4.69) is 88.8 Å². The van der Waals surface area contributed by atoms with Gasteiger partial charge in [0.15, 0.2) is 0 Å². The van der Waals surface area contributed by atoms with Crippen molar-refractivity contribution in [3.63, 3.8) is 0 Å². The van der Waals surface area contributed by atoms with Gasteiger partial charge in [-0.05, 0) is 106 Å². The maximum absolute atomic E-state index is 13.3. The Balaban J connectivity index is 1.10. The Morgan fingerprint density at radius 1 is 0.434 bits per heavy atom. The predicted molar refractivity (Wildman–Crippen MR) is 206 cm³/mol. The largest absolute Gasteiger partial charge is 0.416 e. The van der Waals surface area contributed by atoms with Crippen LogP contribution < -0.4 is 0 Å². The van der Waals surface area contributed by atoms with Crippen LogP contribution in [0.25, 0.3) is 83.5 Å². The normalized spacial score (nSPS) is 11.7. The van der Waals surface area contributed by atoms with E-state index in [0.717, 1.165) is 90.0 Å². The van der Waals surface area contributed by atoms with Gasteiger partial charge in [0.05, 0.1) is 33.7 Å². The molecule has 0 bridgehead atoms. The molecule has 0 fully saturated rings. The summed E-state index contributed by atoms with van der Waals surface area (Å²) in [5.74, 6) is 0. The number of hydrogen-bond acceptors (Lipinski definition) is 3. The second-order valence-corrected chi connectivity index (χ2v) is 12.9. The van der Waals surface area contributed by atoms with Gasteiger partial charge < -0.3 is 4.57 Å². The first-order valence-electron chi connectivity index (χ1n) is 17.2. The molecule has 4 heterocycles. The Kier molecular flexibility index (Phi) is 7.89. The molecule has 0 radical (unpaired) electrons. The van der Waals surface area contributed by atoms with Crippen molar-refractivity contribution < 1.29 is 13.2 Å². The number of hydrogen-bond donors (Lipinski definition) is 0. The van der Waals surface area contributed by atoms with Crippen LogP contribution in [0.15, 0.2) is 176 Å². The molecule has 53 heavy (non-hydrogen) atoms. The summed E-state index contributed by atoms with van der Waals surface area (Å²) in [5.41, 5.74) is 11.5. The zero-order valence-corrected chi connectivity index (χ0v) is 28.2. The van der Waals surface area contributed by atoms with Crippen molar-refractivity contribution in [2.75, 3.05) is 0 Å². The zero-order valence-electron chi connectivity index (χ0n) is 28.2. The standard InChI is InChI=1S/C46H29F3N4/c47-46(48,49)37-17-19-38(20-18-37)53-44-21-16-34(26-39(44)40-29-50-24-22-45(40)53)31-12-14-32(15-13-31)36-27-42(52-43(28-36)41-11-4-5-23-51-41)35-10-6-9-33(25-35)30-7-2-1-3-8-30/h1-29H. The van der Waals surface area contributed by atoms with E-state index in [1.54, 1.807) is 18.6 Å². The van der Waals surface area contributed by atoms with Gasteiger partial charge in [-0.1, -0.05) is 84.9 Å². The van der Waals surface area contributed by atoms with E-state index >= 15 is 0 Å². The van der Waals surface area contributed by atoms with Gasteiger partial charge in [-0.25, -0.2) is 4.98 Å². The molecule has 0 N–H and O–H groups in total. The molecule has 0 saturated carbocycles. The fraction of sp³-hybridized carbons (Fsp3) is 0.0217. The first-order chi connectivity index (χ1) is 25.9. The Morgan fingerprint density at radius 2 is 1.08 bits per heavy atom. The van der Waals surface area contributed by atoms with Crippen molar-refractivity contribution in [1.29, 1.82) is 0 Å². The Bertz CT molecular complexity index is 2740. The molecule has 254 valence electrons. The summed E-state index contributed by atoms with van der Waals surface area (Å²) in [6.45, 7) is 0. The van der Waals surface area contributed by atoms with Crippen molar-refractivity contribution in [3.05, 3.63) is 182 Å². The molecular weight excluding hydrogens is 666 g/mol. The Labute approximate surface area is 303 Å². The average molecular weight is 695 g/mol. The van der Waals surface area contributed by atoms with E-state index in [0.29, 0.717) is 5.69 Å². The van der Waals surface area contributed by atoms with Crippen molar-refractivity contribution in [2.24, 2.45) is 0 Å². The molecule has 4 aromatic heterocycles. The van der Waals surface area contributed by atoms with Crippen LogP contribution in [-0.2, 0) is 6.18 Å². The minimum absolute atomic E-state index is 0.648. The molecule has 9 aromatic rings. The van der Waals surface area contributed by atoms with Gasteiger partial charge in [-0.3, -0.25) is 9.97 Å². The second kappa shape index (κ2) is 13.0. The van der Waals surface area contributed by atoms with Crippen LogP contribution in [0.3, 0.4) is 0 Å². The van der Waals surface area contributed by atoms with E-state index in [4.69, 9.17) is 4.98 Å². The monoisotopic (exact) mass is 694 g/mol. The van der Waals surface area contributed by atoms with Gasteiger partial charge in [0.2, 0.25) is 0 Å². The third-order valence-electron chi connectivity index (χ3n) is 9.59. The van der Waals surface area contributed by atoms with Gasteiger partial charge >= 0.3 is 6.18 Å². The third kappa shape index (κ3) is 6.12. The number of fused-ring (bicyclic) bond motifs is 3. The molecule has 0 aliphatic rings. The Morgan fingerprint density at radius 3 is 1.83 bits per heavy atom. The second-order valence-electron chi connectivity index (χ2n) is 12.9. The molecule has 7 heteroatoms. The van der Waals surface area contributed by atoms with Crippen molar-refractivity contribution >= 4 is 21.8 Å². The van der Waals surface area contributed by atoms with E-state index in [1.165, 1.54) is 12.1 Å². The highest BCUT2D eigenvalue weighted by atomic mass is 19.4. The third-order valence-corrected chi connectivity index (χ3v) is 9.59. The van der Waals surface area contributed by atoms with Gasteiger partial charge in [-0.15, -0.1) is 0 Å². The smallest absolute Gasteiger partial charge is 0.309 e. The number of rotatable bonds is 6. The molecular formula is C46H29F3N4. The average Bonchev–Trinajstić information content (AvgIpc) is 3.55. The maximum atomic E-state index is 13.3. The summed E-state index contributed by atoms with van der Waals surface area (Å²) in [5, 5.41) is 1.88. The highest BCUT2D eigenvalue weighted by molar-refractivity contribution is 6.10. The molecule has 0 spiro atoms. The quantitative estimate of drug-likeness (QED) is 0.174. The SMILES string of the molecule is FC(F)(F)c1ccc(-n2c3ccncc3c3cc(-c4ccc(-c5cc(-c6cccc(-c7ccccc7)c6)nc(-c6ccccn6)c5)cc4)ccc32)cc1. The van der Waals surface area contributed by atoms with Gasteiger partial charge in [0, 0.05) is 40.6 Å². The molecule has 0 unspecified atom stereocenters. The molecule has 4 nitrogen and oxygen atoms in total. The summed E-state index contributed by atoms with van der Waals surface area (Å²) in [4.78, 5) is 14.0. The summed E-state index contributed by atoms with van der Waals surface area (Å²) in [7, 11) is 0. The lowest BCUT2D eigenvalue weighted by Crippen LogP contribution is -2.05. The lowest BCUT2D eigenvalue weighted by atomic mass is 9.96. The van der Waals surface area contributed by atoms with Crippen LogP contribution in [0.2, 0.25) is 0 Å². The van der Waals surface area contributed by atoms with E-state index in [-0.39, 0.29) is 0 Å². The Hall–Kier alpha value is -6.86. The fourth-order valence-corrected chi connectivity index (χ4v) is 6.96. The summed E-state index contributed by atoms with van der Waals surface area (Å²) in [6, 6.07) is 50.6. The van der Waals surface area contributed by atoms with E-state index in [1.807, 2.05) is 59.2 Å². The predicted octanol–water partition coefficient (Wildman–Crippen LogP) is 12.3. The van der Waals surface area contributed by atoms with Gasteiger partial charge in [0.25, 0.3) is 0 Å². The van der Waals surface area contributed by atoms with Crippen molar-refractivity contribution in [3.8, 4) is 61.7 Å². The number of halogens is 3. The lowest BCUT2D eigenvalue weighted by Gasteiger charge is -2.12. The first kappa shape index (κ1) is 32.1.